The van der Waals surface area contributed by atoms with Crippen molar-refractivity contribution in [2.45, 2.75) is 33.1 Å². The Morgan fingerprint density at radius 3 is 2.14 bits per heavy atom. The van der Waals surface area contributed by atoms with Gasteiger partial charge in [-0.15, -0.1) is 0 Å². The van der Waals surface area contributed by atoms with E-state index in [-0.39, 0.29) is 6.16 Å². The molecule has 0 heterocycles. The van der Waals surface area contributed by atoms with Crippen LogP contribution in [-0.4, -0.2) is 15.9 Å². The minimum absolute atomic E-state index is 0.0425. The summed E-state index contributed by atoms with van der Waals surface area (Å²) < 4.78 is 10.2. The first-order valence-corrected chi connectivity index (χ1v) is 6.56. The third-order valence-electron chi connectivity index (χ3n) is 1.38. The van der Waals surface area contributed by atoms with Gasteiger partial charge >= 0.3 is 7.60 Å². The van der Waals surface area contributed by atoms with Crippen LogP contribution in [-0.2, 0) is 4.57 Å². The van der Waals surface area contributed by atoms with Crippen molar-refractivity contribution in [2.24, 2.45) is 0 Å². The summed E-state index contributed by atoms with van der Waals surface area (Å²) in [6.45, 7) is 7.42. The topological polar surface area (TPSA) is 57.5 Å². The third-order valence-corrected chi connectivity index (χ3v) is 2.28. The van der Waals surface area contributed by atoms with E-state index >= 15 is 0 Å². The highest BCUT2D eigenvalue weighted by atomic mass is 31.2. The monoisotopic (exact) mass is 220 g/mol. The second-order valence-corrected chi connectivity index (χ2v) is 4.63. The van der Waals surface area contributed by atoms with E-state index in [1.165, 1.54) is 0 Å². The molecule has 0 saturated carbocycles. The van der Waals surface area contributed by atoms with Crippen LogP contribution in [0.4, 0.5) is 0 Å². The molecule has 0 aromatic rings. The van der Waals surface area contributed by atoms with Crippen LogP contribution < -0.4 is 0 Å². The van der Waals surface area contributed by atoms with Crippen LogP contribution in [0.2, 0.25) is 0 Å². The molecule has 0 aliphatic carbocycles. The van der Waals surface area contributed by atoms with Crippen molar-refractivity contribution < 1.29 is 14.4 Å². The molecule has 0 bridgehead atoms. The van der Waals surface area contributed by atoms with Crippen LogP contribution in [0.3, 0.4) is 0 Å². The van der Waals surface area contributed by atoms with Crippen LogP contribution in [0, 0.1) is 0 Å². The van der Waals surface area contributed by atoms with Crippen molar-refractivity contribution in [3.63, 3.8) is 0 Å². The molecular weight excluding hydrogens is 199 g/mol. The Morgan fingerprint density at radius 2 is 1.93 bits per heavy atom. The molecule has 84 valence electrons. The molecule has 0 unspecified atom stereocenters. The summed E-state index contributed by atoms with van der Waals surface area (Å²) in [5.74, 6) is 0. The molecule has 3 nitrogen and oxygen atoms in total. The Hall–Kier alpha value is -0.370. The molecule has 0 spiro atoms. The highest BCUT2D eigenvalue weighted by molar-refractivity contribution is 7.51. The van der Waals surface area contributed by atoms with Gasteiger partial charge in [0.2, 0.25) is 0 Å². The lowest BCUT2D eigenvalue weighted by Crippen LogP contribution is -1.86. The van der Waals surface area contributed by atoms with Gasteiger partial charge in [0.05, 0.1) is 0 Å². The zero-order chi connectivity index (χ0) is 11.4. The van der Waals surface area contributed by atoms with Gasteiger partial charge in [-0.2, -0.15) is 0 Å². The quantitative estimate of drug-likeness (QED) is 0.425. The van der Waals surface area contributed by atoms with E-state index in [0.717, 1.165) is 12.8 Å². The summed E-state index contributed by atoms with van der Waals surface area (Å²) in [4.78, 5) is 16.7. The average Bonchev–Trinajstić information content (AvgIpc) is 2.05. The number of unbranched alkanes of at least 4 members (excludes halogenated alkanes) is 2. The van der Waals surface area contributed by atoms with E-state index in [2.05, 4.69) is 6.58 Å². The molecule has 0 saturated heterocycles. The summed E-state index contributed by atoms with van der Waals surface area (Å²) >= 11 is 0. The molecule has 0 aliphatic rings. The SMILES string of the molecule is C=CC=CC.CCCCCP(=O)(O)O. The summed E-state index contributed by atoms with van der Waals surface area (Å²) in [6, 6.07) is 0. The first-order valence-electron chi connectivity index (χ1n) is 4.76. The third kappa shape index (κ3) is 22.6. The van der Waals surface area contributed by atoms with Crippen molar-refractivity contribution in [1.82, 2.24) is 0 Å². The molecule has 4 heteroatoms. The highest BCUT2D eigenvalue weighted by Crippen LogP contribution is 2.35. The number of hydrogen-bond acceptors (Lipinski definition) is 1. The normalized spacial score (nSPS) is 10.9. The molecule has 14 heavy (non-hydrogen) atoms. The maximum atomic E-state index is 10.2. The number of hydrogen-bond donors (Lipinski definition) is 2. The predicted molar refractivity (Wildman–Crippen MR) is 61.4 cm³/mol. The fourth-order valence-electron chi connectivity index (χ4n) is 0.704. The fourth-order valence-corrected chi connectivity index (χ4v) is 1.34. The van der Waals surface area contributed by atoms with Crippen LogP contribution in [0.25, 0.3) is 0 Å². The Bertz CT molecular complexity index is 194. The molecule has 0 atom stereocenters. The molecule has 0 aliphatic heterocycles. The van der Waals surface area contributed by atoms with Gasteiger partial charge in [0.25, 0.3) is 0 Å². The number of rotatable bonds is 5. The second kappa shape index (κ2) is 10.7. The van der Waals surface area contributed by atoms with Crippen molar-refractivity contribution in [3.8, 4) is 0 Å². The van der Waals surface area contributed by atoms with Gasteiger partial charge in [0, 0.05) is 6.16 Å². The maximum absolute atomic E-state index is 10.2. The Morgan fingerprint density at radius 1 is 1.36 bits per heavy atom. The molecule has 0 fully saturated rings. The molecule has 0 radical (unpaired) electrons. The van der Waals surface area contributed by atoms with Crippen LogP contribution in [0.1, 0.15) is 33.1 Å². The first-order chi connectivity index (χ1) is 6.47. The zero-order valence-corrected chi connectivity index (χ0v) is 9.91. The smallest absolute Gasteiger partial charge is 0.324 e. The van der Waals surface area contributed by atoms with Crippen molar-refractivity contribution >= 4 is 7.60 Å². The van der Waals surface area contributed by atoms with Crippen LogP contribution >= 0.6 is 7.60 Å². The van der Waals surface area contributed by atoms with Crippen molar-refractivity contribution in [2.75, 3.05) is 6.16 Å². The molecule has 0 amide bonds. The predicted octanol–water partition coefficient (Wildman–Crippen LogP) is 3.10. The molecule has 0 rings (SSSR count). The summed E-state index contributed by atoms with van der Waals surface area (Å²) in [6.07, 6.45) is 8.17. The summed E-state index contributed by atoms with van der Waals surface area (Å²) in [7, 11) is -3.70. The lowest BCUT2D eigenvalue weighted by atomic mass is 10.3. The van der Waals surface area contributed by atoms with Gasteiger partial charge in [0.1, 0.15) is 0 Å². The van der Waals surface area contributed by atoms with Crippen LogP contribution in [0.5, 0.6) is 0 Å². The standard InChI is InChI=1S/C5H13O3P.C5H8/c1-2-3-4-5-9(6,7)8;1-3-5-4-2/h2-5H2,1H3,(H2,6,7,8);3-5H,1H2,2H3. The maximum Gasteiger partial charge on any atom is 0.325 e. The minimum atomic E-state index is -3.70. The van der Waals surface area contributed by atoms with E-state index in [1.54, 1.807) is 6.08 Å². The summed E-state index contributed by atoms with van der Waals surface area (Å²) in [5, 5.41) is 0. The molecular formula is C10H21O3P. The Kier molecular flexibility index (Phi) is 12.3. The van der Waals surface area contributed by atoms with E-state index in [0.29, 0.717) is 6.42 Å². The lowest BCUT2D eigenvalue weighted by Gasteiger charge is -2.00. The van der Waals surface area contributed by atoms with E-state index < -0.39 is 7.60 Å². The van der Waals surface area contributed by atoms with E-state index in [1.807, 2.05) is 26.0 Å². The first kappa shape index (κ1) is 16.1. The van der Waals surface area contributed by atoms with E-state index in [4.69, 9.17) is 9.79 Å². The Labute approximate surface area is 86.7 Å². The van der Waals surface area contributed by atoms with Crippen molar-refractivity contribution in [1.29, 1.82) is 0 Å². The molecule has 0 aromatic heterocycles. The zero-order valence-electron chi connectivity index (χ0n) is 9.02. The van der Waals surface area contributed by atoms with Crippen LogP contribution in [0.15, 0.2) is 24.8 Å². The highest BCUT2D eigenvalue weighted by Gasteiger charge is 2.10. The van der Waals surface area contributed by atoms with Gasteiger partial charge in [-0.25, -0.2) is 0 Å². The second-order valence-electron chi connectivity index (χ2n) is 2.86. The number of allylic oxidation sites excluding steroid dienone is 3. The van der Waals surface area contributed by atoms with Gasteiger partial charge < -0.3 is 9.79 Å². The van der Waals surface area contributed by atoms with Gasteiger partial charge in [-0.3, -0.25) is 4.57 Å². The van der Waals surface area contributed by atoms with Gasteiger partial charge in [0.15, 0.2) is 0 Å². The van der Waals surface area contributed by atoms with Crippen molar-refractivity contribution in [3.05, 3.63) is 24.8 Å². The molecule has 2 N–H and O–H groups in total. The van der Waals surface area contributed by atoms with E-state index in [9.17, 15) is 4.57 Å². The minimum Gasteiger partial charge on any atom is -0.324 e. The average molecular weight is 220 g/mol. The lowest BCUT2D eigenvalue weighted by molar-refractivity contribution is 0.371. The van der Waals surface area contributed by atoms with Gasteiger partial charge in [-0.05, 0) is 13.3 Å². The largest absolute Gasteiger partial charge is 0.325 e. The van der Waals surface area contributed by atoms with Gasteiger partial charge in [-0.1, -0.05) is 44.6 Å². The summed E-state index contributed by atoms with van der Waals surface area (Å²) in [5.41, 5.74) is 0. The Balaban J connectivity index is 0. The molecule has 0 aromatic carbocycles. The fraction of sp³-hybridized carbons (Fsp3) is 0.600.